The summed E-state index contributed by atoms with van der Waals surface area (Å²) in [6.45, 7) is 1.88. The van der Waals surface area contributed by atoms with E-state index in [9.17, 15) is 22.8 Å². The molecule has 5 aromatic rings. The molecule has 4 aromatic heterocycles. The van der Waals surface area contributed by atoms with Crippen molar-refractivity contribution < 1.29 is 17.6 Å². The molecule has 0 saturated carbocycles. The second kappa shape index (κ2) is 8.98. The van der Waals surface area contributed by atoms with Gasteiger partial charge in [0.1, 0.15) is 41.1 Å². The van der Waals surface area contributed by atoms with E-state index < -0.39 is 23.9 Å². The lowest BCUT2D eigenvalue weighted by Crippen LogP contribution is -2.12. The van der Waals surface area contributed by atoms with Crippen molar-refractivity contribution in [2.45, 2.75) is 25.6 Å². The summed E-state index contributed by atoms with van der Waals surface area (Å²) in [5.41, 5.74) is 7.78. The number of nitriles is 1. The zero-order valence-electron chi connectivity index (χ0n) is 19.1. The molecule has 0 radical (unpaired) electrons. The number of benzene rings is 1. The number of rotatable bonds is 5. The topological polar surface area (TPSA) is 124 Å². The van der Waals surface area contributed by atoms with Crippen LogP contribution in [0.2, 0.25) is 0 Å². The Morgan fingerprint density at radius 2 is 1.81 bits per heavy atom. The number of aromatic nitrogens is 7. The van der Waals surface area contributed by atoms with Crippen LogP contribution in [-0.2, 0) is 6.18 Å². The van der Waals surface area contributed by atoms with Crippen LogP contribution in [0.4, 0.5) is 23.4 Å². The predicted octanol–water partition coefficient (Wildman–Crippen LogP) is 4.69. The van der Waals surface area contributed by atoms with E-state index >= 15 is 0 Å². The molecule has 0 saturated heterocycles. The molecule has 0 spiro atoms. The van der Waals surface area contributed by atoms with Gasteiger partial charge in [-0.2, -0.15) is 23.5 Å². The third kappa shape index (κ3) is 4.02. The predicted molar refractivity (Wildman–Crippen MR) is 125 cm³/mol. The van der Waals surface area contributed by atoms with Crippen LogP contribution in [-0.4, -0.2) is 34.3 Å². The van der Waals surface area contributed by atoms with Gasteiger partial charge in [0, 0.05) is 35.3 Å². The maximum atomic E-state index is 14.3. The zero-order valence-corrected chi connectivity index (χ0v) is 19.1. The fourth-order valence-corrected chi connectivity index (χ4v) is 4.30. The number of anilines is 1. The van der Waals surface area contributed by atoms with Crippen molar-refractivity contribution >= 4 is 16.9 Å². The molecule has 4 heterocycles. The summed E-state index contributed by atoms with van der Waals surface area (Å²) in [6, 6.07) is 7.78. The van der Waals surface area contributed by atoms with Crippen LogP contribution in [0.3, 0.4) is 0 Å². The van der Waals surface area contributed by atoms with E-state index in [1.807, 2.05) is 6.92 Å². The van der Waals surface area contributed by atoms with E-state index in [0.29, 0.717) is 17.6 Å². The molecule has 1 atom stereocenters. The molecule has 0 bridgehead atoms. The Morgan fingerprint density at radius 3 is 2.46 bits per heavy atom. The first kappa shape index (κ1) is 23.9. The lowest BCUT2D eigenvalue weighted by Gasteiger charge is -2.18. The van der Waals surface area contributed by atoms with Gasteiger partial charge in [0.25, 0.3) is 0 Å². The molecule has 5 rings (SSSR count). The number of para-hydroxylation sites is 1. The Hall–Kier alpha value is -4.86. The monoisotopic (exact) mass is 507 g/mol. The number of hydrogen-bond donors (Lipinski definition) is 1. The summed E-state index contributed by atoms with van der Waals surface area (Å²) in [5, 5.41) is 14.8. The van der Waals surface area contributed by atoms with E-state index in [4.69, 9.17) is 5.73 Å². The van der Waals surface area contributed by atoms with Crippen molar-refractivity contribution in [2.24, 2.45) is 0 Å². The molecule has 1 unspecified atom stereocenters. The quantitative estimate of drug-likeness (QED) is 0.342. The summed E-state index contributed by atoms with van der Waals surface area (Å²) < 4.78 is 56.4. The molecule has 0 aliphatic carbocycles. The van der Waals surface area contributed by atoms with Crippen molar-refractivity contribution in [3.8, 4) is 22.9 Å². The minimum absolute atomic E-state index is 0.0343. The third-order valence-corrected chi connectivity index (χ3v) is 5.90. The average molecular weight is 507 g/mol. The van der Waals surface area contributed by atoms with Crippen molar-refractivity contribution in [1.29, 1.82) is 5.26 Å². The fraction of sp³-hybridized carbons (Fsp3) is 0.167. The highest BCUT2D eigenvalue weighted by Gasteiger charge is 2.35. The standard InChI is InChI=1S/C24H17F4N9/c1-2-16(14-10-35-36(11-14)17-6-4-3-5-15(17)25)37-18(7-29)19(20-21(30)33-12-34-22(20)37)13-8-31-23(32-9-13)24(26,27)28/h3-6,8-12,16H,2H2,1H3,(H2,30,33,34). The van der Waals surface area contributed by atoms with Crippen LogP contribution < -0.4 is 5.73 Å². The van der Waals surface area contributed by atoms with Crippen molar-refractivity contribution in [1.82, 2.24) is 34.3 Å². The van der Waals surface area contributed by atoms with Gasteiger partial charge in [0.05, 0.1) is 17.6 Å². The first-order valence-electron chi connectivity index (χ1n) is 11.0. The second-order valence-electron chi connectivity index (χ2n) is 8.05. The lowest BCUT2D eigenvalue weighted by molar-refractivity contribution is -0.144. The normalized spacial score (nSPS) is 12.5. The minimum atomic E-state index is -4.72. The zero-order chi connectivity index (χ0) is 26.3. The lowest BCUT2D eigenvalue weighted by atomic mass is 10.1. The van der Waals surface area contributed by atoms with Crippen LogP contribution >= 0.6 is 0 Å². The molecule has 0 fully saturated rings. The molecule has 9 nitrogen and oxygen atoms in total. The van der Waals surface area contributed by atoms with Gasteiger partial charge in [-0.05, 0) is 18.6 Å². The Kier molecular flexibility index (Phi) is 5.79. The van der Waals surface area contributed by atoms with Crippen LogP contribution in [0.1, 0.15) is 36.5 Å². The number of alkyl halides is 3. The van der Waals surface area contributed by atoms with Crippen LogP contribution in [0.25, 0.3) is 27.8 Å². The molecule has 1 aromatic carbocycles. The van der Waals surface area contributed by atoms with Gasteiger partial charge in [-0.3, -0.25) is 0 Å². The number of fused-ring (bicyclic) bond motifs is 1. The van der Waals surface area contributed by atoms with E-state index in [1.54, 1.807) is 35.2 Å². The van der Waals surface area contributed by atoms with Crippen LogP contribution in [0.15, 0.2) is 55.4 Å². The SMILES string of the molecule is CCC(c1cnn(-c2ccccc2F)c1)n1c(C#N)c(-c2cnc(C(F)(F)F)nc2)c2c(N)ncnc21. The number of hydrogen-bond acceptors (Lipinski definition) is 7. The van der Waals surface area contributed by atoms with Gasteiger partial charge in [-0.25, -0.2) is 29.0 Å². The summed E-state index contributed by atoms with van der Waals surface area (Å²) in [4.78, 5) is 15.2. The van der Waals surface area contributed by atoms with Crippen molar-refractivity contribution in [2.75, 3.05) is 5.73 Å². The van der Waals surface area contributed by atoms with Gasteiger partial charge in [0.2, 0.25) is 5.82 Å². The highest BCUT2D eigenvalue weighted by atomic mass is 19.4. The molecular formula is C24H17F4N9. The largest absolute Gasteiger partial charge is 0.451 e. The highest BCUT2D eigenvalue weighted by molar-refractivity contribution is 6.03. The number of halogens is 4. The Bertz CT molecular complexity index is 1650. The Balaban J connectivity index is 1.71. The fourth-order valence-electron chi connectivity index (χ4n) is 4.30. The van der Waals surface area contributed by atoms with Crippen LogP contribution in [0.5, 0.6) is 0 Å². The molecule has 0 amide bonds. The first-order chi connectivity index (χ1) is 17.7. The molecule has 13 heteroatoms. The number of nitrogens with two attached hydrogens (primary N) is 1. The summed E-state index contributed by atoms with van der Waals surface area (Å²) >= 11 is 0. The Morgan fingerprint density at radius 1 is 1.08 bits per heavy atom. The van der Waals surface area contributed by atoms with E-state index in [-0.39, 0.29) is 33.7 Å². The second-order valence-corrected chi connectivity index (χ2v) is 8.05. The molecule has 0 aliphatic heterocycles. The van der Waals surface area contributed by atoms with Gasteiger partial charge < -0.3 is 10.3 Å². The molecular weight excluding hydrogens is 490 g/mol. The molecule has 37 heavy (non-hydrogen) atoms. The molecule has 2 N–H and O–H groups in total. The smallest absolute Gasteiger partial charge is 0.383 e. The first-order valence-corrected chi connectivity index (χ1v) is 11.0. The summed E-state index contributed by atoms with van der Waals surface area (Å²) in [7, 11) is 0. The van der Waals surface area contributed by atoms with Gasteiger partial charge in [-0.1, -0.05) is 19.1 Å². The minimum Gasteiger partial charge on any atom is -0.383 e. The van der Waals surface area contributed by atoms with Gasteiger partial charge >= 0.3 is 6.18 Å². The molecule has 186 valence electrons. The maximum Gasteiger partial charge on any atom is 0.451 e. The average Bonchev–Trinajstić information content (AvgIpc) is 3.49. The Labute approximate surface area is 206 Å². The summed E-state index contributed by atoms with van der Waals surface area (Å²) in [5.74, 6) is -1.74. The van der Waals surface area contributed by atoms with Gasteiger partial charge in [-0.15, -0.1) is 0 Å². The molecule has 0 aliphatic rings. The van der Waals surface area contributed by atoms with Gasteiger partial charge in [0.15, 0.2) is 0 Å². The third-order valence-electron chi connectivity index (χ3n) is 5.90. The van der Waals surface area contributed by atoms with E-state index in [2.05, 4.69) is 31.1 Å². The maximum absolute atomic E-state index is 14.3. The number of nitrogen functional groups attached to an aromatic ring is 1. The van der Waals surface area contributed by atoms with E-state index in [0.717, 1.165) is 12.4 Å². The van der Waals surface area contributed by atoms with Crippen LogP contribution in [0, 0.1) is 17.1 Å². The highest BCUT2D eigenvalue weighted by Crippen LogP contribution is 2.40. The number of nitrogens with zero attached hydrogens (tertiary/aromatic N) is 8. The van der Waals surface area contributed by atoms with E-state index in [1.165, 1.54) is 17.1 Å². The van der Waals surface area contributed by atoms with Crippen molar-refractivity contribution in [3.63, 3.8) is 0 Å². The summed E-state index contributed by atoms with van der Waals surface area (Å²) in [6.07, 6.45) is 2.15. The van der Waals surface area contributed by atoms with Crippen molar-refractivity contribution in [3.05, 3.63) is 78.3 Å².